The van der Waals surface area contributed by atoms with Crippen LogP contribution in [0, 0.1) is 0 Å². The van der Waals surface area contributed by atoms with E-state index in [-0.39, 0.29) is 0 Å². The Hall–Kier alpha value is -8.62. The lowest BCUT2D eigenvalue weighted by molar-refractivity contribution is 0.0592. The summed E-state index contributed by atoms with van der Waals surface area (Å²) in [5.41, 5.74) is 15.5. The molecule has 0 bridgehead atoms. The van der Waals surface area contributed by atoms with Crippen LogP contribution in [0.2, 0.25) is 0 Å². The molecule has 0 spiro atoms. The maximum absolute atomic E-state index is 12.2. The molecule has 8 rings (SSSR count). The number of rotatable bonds is 12. The highest BCUT2D eigenvalue weighted by Crippen LogP contribution is 2.40. The molecule has 0 fully saturated rings. The minimum absolute atomic E-state index is 0.391. The largest absolute Gasteiger partial charge is 0.465 e. The summed E-state index contributed by atoms with van der Waals surface area (Å²) >= 11 is 0. The Kier molecular flexibility index (Phi) is 13.2. The summed E-state index contributed by atoms with van der Waals surface area (Å²) in [6, 6.07) is 63.0. The van der Waals surface area contributed by atoms with E-state index >= 15 is 0 Å². The number of benzene rings is 8. The third-order valence-electron chi connectivity index (χ3n) is 11.5. The van der Waals surface area contributed by atoms with Crippen molar-refractivity contribution in [3.8, 4) is 44.5 Å². The first-order chi connectivity index (χ1) is 32.2. The maximum atomic E-state index is 12.2. The summed E-state index contributed by atoms with van der Waals surface area (Å²) in [5, 5.41) is 0. The van der Waals surface area contributed by atoms with E-state index in [0.29, 0.717) is 22.3 Å². The average Bonchev–Trinajstić information content (AvgIpc) is 3.39. The van der Waals surface area contributed by atoms with Gasteiger partial charge < -0.3 is 18.9 Å². The van der Waals surface area contributed by atoms with Crippen molar-refractivity contribution >= 4 is 35.0 Å². The van der Waals surface area contributed by atoms with Crippen molar-refractivity contribution in [2.45, 2.75) is 0 Å². The molecule has 0 heterocycles. The van der Waals surface area contributed by atoms with Crippen LogP contribution in [0.3, 0.4) is 0 Å². The number of carbonyl (C=O) groups excluding carboxylic acids is 4. The molecule has 0 N–H and O–H groups in total. The normalized spacial score (nSPS) is 10.7. The molecule has 0 radical (unpaired) electrons. The second-order valence-corrected chi connectivity index (χ2v) is 15.3. The van der Waals surface area contributed by atoms with Gasteiger partial charge in [-0.3, -0.25) is 0 Å². The van der Waals surface area contributed by atoms with Gasteiger partial charge in [-0.05, 0) is 126 Å². The van der Waals surface area contributed by atoms with Crippen molar-refractivity contribution in [3.63, 3.8) is 0 Å². The van der Waals surface area contributed by atoms with Crippen LogP contribution in [0.4, 0.5) is 0 Å². The van der Waals surface area contributed by atoms with Gasteiger partial charge in [0, 0.05) is 0 Å². The molecular formula is C58H44O8. The van der Waals surface area contributed by atoms with Crippen molar-refractivity contribution in [2.24, 2.45) is 0 Å². The lowest BCUT2D eigenvalue weighted by Crippen LogP contribution is -2.00. The summed E-state index contributed by atoms with van der Waals surface area (Å²) in [6.07, 6.45) is 0. The minimum Gasteiger partial charge on any atom is -0.465 e. The van der Waals surface area contributed by atoms with Gasteiger partial charge >= 0.3 is 23.9 Å². The molecule has 8 aromatic rings. The summed E-state index contributed by atoms with van der Waals surface area (Å²) in [5.74, 6) is -1.57. The monoisotopic (exact) mass is 868 g/mol. The molecule has 324 valence electrons. The molecule has 0 amide bonds. The molecule has 0 saturated carbocycles. The first-order valence-corrected chi connectivity index (χ1v) is 21.1. The Morgan fingerprint density at radius 1 is 0.212 bits per heavy atom. The van der Waals surface area contributed by atoms with Crippen LogP contribution in [0.5, 0.6) is 0 Å². The Bertz CT molecular complexity index is 2620. The molecule has 0 atom stereocenters. The Morgan fingerprint density at radius 3 is 0.455 bits per heavy atom. The Balaban J connectivity index is 1.28. The zero-order valence-electron chi connectivity index (χ0n) is 36.7. The van der Waals surface area contributed by atoms with Crippen LogP contribution in [-0.2, 0) is 18.9 Å². The van der Waals surface area contributed by atoms with E-state index in [1.807, 2.05) is 48.5 Å². The van der Waals surface area contributed by atoms with E-state index in [4.69, 9.17) is 18.9 Å². The fraction of sp³-hybridized carbons (Fsp3) is 0.0690. The molecule has 0 aliphatic rings. The van der Waals surface area contributed by atoms with Crippen LogP contribution < -0.4 is 0 Å². The standard InChI is InChI=1S/C58H44O8/c1-63-55(59)49-29-13-41(14-30-49)37-5-21-45(22-6-37)53(46-23-7-38(8-24-46)42-15-31-50(32-16-42)56(60)64-2)54(47-25-9-39(10-26-47)43-17-33-51(34-18-43)57(61)65-3)48-27-11-40(12-28-48)44-19-35-52(36-20-44)58(62)66-4/h5-36H,1-4H3. The third-order valence-corrected chi connectivity index (χ3v) is 11.5. The molecule has 66 heavy (non-hydrogen) atoms. The Labute approximate surface area is 383 Å². The average molecular weight is 869 g/mol. The van der Waals surface area contributed by atoms with Gasteiger partial charge in [0.05, 0.1) is 50.7 Å². The van der Waals surface area contributed by atoms with Crippen molar-refractivity contribution < 1.29 is 38.1 Å². The van der Waals surface area contributed by atoms with Crippen LogP contribution >= 0.6 is 0 Å². The van der Waals surface area contributed by atoms with E-state index in [1.54, 1.807) is 48.5 Å². The van der Waals surface area contributed by atoms with Gasteiger partial charge in [0.25, 0.3) is 0 Å². The summed E-state index contributed by atoms with van der Waals surface area (Å²) in [6.45, 7) is 0. The fourth-order valence-electron chi connectivity index (χ4n) is 7.89. The molecule has 8 heteroatoms. The van der Waals surface area contributed by atoms with Crippen LogP contribution in [0.1, 0.15) is 63.7 Å². The lowest BCUT2D eigenvalue weighted by atomic mass is 9.84. The van der Waals surface area contributed by atoms with Crippen molar-refractivity contribution in [1.29, 1.82) is 0 Å². The maximum Gasteiger partial charge on any atom is 0.337 e. The molecular weight excluding hydrogens is 825 g/mol. The number of hydrogen-bond donors (Lipinski definition) is 0. The molecule has 0 aliphatic heterocycles. The van der Waals surface area contributed by atoms with Gasteiger partial charge in [-0.1, -0.05) is 146 Å². The predicted molar refractivity (Wildman–Crippen MR) is 258 cm³/mol. The highest BCUT2D eigenvalue weighted by atomic mass is 16.5. The molecule has 0 aliphatic carbocycles. The van der Waals surface area contributed by atoms with Crippen molar-refractivity contribution in [1.82, 2.24) is 0 Å². The van der Waals surface area contributed by atoms with Gasteiger partial charge in [-0.2, -0.15) is 0 Å². The van der Waals surface area contributed by atoms with E-state index in [0.717, 1.165) is 77.9 Å². The van der Waals surface area contributed by atoms with Crippen LogP contribution in [0.25, 0.3) is 55.7 Å². The molecule has 8 nitrogen and oxygen atoms in total. The quantitative estimate of drug-likeness (QED) is 0.0679. The van der Waals surface area contributed by atoms with Crippen molar-refractivity contribution in [2.75, 3.05) is 28.4 Å². The first kappa shape index (κ1) is 44.0. The van der Waals surface area contributed by atoms with E-state index in [2.05, 4.69) is 97.1 Å². The third kappa shape index (κ3) is 9.49. The second kappa shape index (κ2) is 19.8. The highest BCUT2D eigenvalue weighted by molar-refractivity contribution is 6.05. The minimum atomic E-state index is -0.391. The van der Waals surface area contributed by atoms with Gasteiger partial charge in [0.1, 0.15) is 0 Å². The fourth-order valence-corrected chi connectivity index (χ4v) is 7.89. The Morgan fingerprint density at radius 2 is 0.333 bits per heavy atom. The van der Waals surface area contributed by atoms with Gasteiger partial charge in [0.2, 0.25) is 0 Å². The van der Waals surface area contributed by atoms with Crippen molar-refractivity contribution in [3.05, 3.63) is 239 Å². The van der Waals surface area contributed by atoms with Crippen LogP contribution in [-0.4, -0.2) is 52.3 Å². The van der Waals surface area contributed by atoms with Gasteiger partial charge in [-0.25, -0.2) is 19.2 Å². The number of hydrogen-bond acceptors (Lipinski definition) is 8. The van der Waals surface area contributed by atoms with Crippen LogP contribution in [0.15, 0.2) is 194 Å². The lowest BCUT2D eigenvalue weighted by Gasteiger charge is -2.20. The summed E-state index contributed by atoms with van der Waals surface area (Å²) < 4.78 is 19.6. The smallest absolute Gasteiger partial charge is 0.337 e. The zero-order valence-corrected chi connectivity index (χ0v) is 36.7. The van der Waals surface area contributed by atoms with E-state index < -0.39 is 23.9 Å². The number of ether oxygens (including phenoxy) is 4. The molecule has 8 aromatic carbocycles. The predicted octanol–water partition coefficient (Wildman–Crippen LogP) is 12.5. The molecule has 0 saturated heterocycles. The highest BCUT2D eigenvalue weighted by Gasteiger charge is 2.19. The number of esters is 4. The first-order valence-electron chi connectivity index (χ1n) is 21.1. The molecule has 0 aromatic heterocycles. The SMILES string of the molecule is COC(=O)c1ccc(-c2ccc(C(=C(c3ccc(-c4ccc(C(=O)OC)cc4)cc3)c3ccc(-c4ccc(C(=O)OC)cc4)cc3)c3ccc(-c4ccc(C(=O)OC)cc4)cc3)cc2)cc1. The van der Waals surface area contributed by atoms with Gasteiger partial charge in [0.15, 0.2) is 0 Å². The van der Waals surface area contributed by atoms with Gasteiger partial charge in [-0.15, -0.1) is 0 Å². The number of carbonyl (C=O) groups is 4. The summed E-state index contributed by atoms with van der Waals surface area (Å²) in [4.78, 5) is 48.6. The molecule has 0 unspecified atom stereocenters. The topological polar surface area (TPSA) is 105 Å². The summed E-state index contributed by atoms with van der Waals surface area (Å²) in [7, 11) is 5.47. The van der Waals surface area contributed by atoms with E-state index in [1.165, 1.54) is 28.4 Å². The number of methoxy groups -OCH3 is 4. The zero-order chi connectivity index (χ0) is 46.2. The second-order valence-electron chi connectivity index (χ2n) is 15.3. The van der Waals surface area contributed by atoms with E-state index in [9.17, 15) is 19.2 Å².